The van der Waals surface area contributed by atoms with E-state index in [0.29, 0.717) is 19.4 Å². The number of rotatable bonds is 4. The predicted molar refractivity (Wildman–Crippen MR) is 72.0 cm³/mol. The fourth-order valence-electron chi connectivity index (χ4n) is 2.54. The summed E-state index contributed by atoms with van der Waals surface area (Å²) in [6, 6.07) is -0.449. The highest BCUT2D eigenvalue weighted by molar-refractivity contribution is 5.86. The lowest BCUT2D eigenvalue weighted by Gasteiger charge is -2.29. The molecule has 1 aromatic rings. The predicted octanol–water partition coefficient (Wildman–Crippen LogP) is 1.39. The van der Waals surface area contributed by atoms with Crippen LogP contribution in [0.25, 0.3) is 0 Å². The lowest BCUT2D eigenvalue weighted by molar-refractivity contribution is -0.145. The van der Waals surface area contributed by atoms with Gasteiger partial charge in [-0.15, -0.1) is 0 Å². The van der Waals surface area contributed by atoms with Crippen LogP contribution in [-0.2, 0) is 11.3 Å². The van der Waals surface area contributed by atoms with E-state index in [1.165, 1.54) is 0 Å². The van der Waals surface area contributed by atoms with Gasteiger partial charge in [0.2, 0.25) is 0 Å². The zero-order chi connectivity index (χ0) is 14.4. The summed E-state index contributed by atoms with van der Waals surface area (Å²) in [5.41, 5.74) is -0.290. The van der Waals surface area contributed by atoms with Crippen LogP contribution in [0, 0.1) is 0 Å². The molecule has 4 N–H and O–H groups in total. The van der Waals surface area contributed by atoms with Gasteiger partial charge in [-0.2, -0.15) is 5.10 Å². The van der Waals surface area contributed by atoms with Crippen molar-refractivity contribution in [3.63, 3.8) is 0 Å². The van der Waals surface area contributed by atoms with Crippen molar-refractivity contribution in [2.24, 2.45) is 0 Å². The van der Waals surface area contributed by atoms with Crippen molar-refractivity contribution in [1.29, 1.82) is 0 Å². The second kappa shape index (κ2) is 6.40. The van der Waals surface area contributed by atoms with Crippen molar-refractivity contribution in [2.75, 3.05) is 0 Å². The maximum absolute atomic E-state index is 11.9. The summed E-state index contributed by atoms with van der Waals surface area (Å²) in [4.78, 5) is 23.5. The largest absolute Gasteiger partial charge is 0.480 e. The van der Waals surface area contributed by atoms with E-state index >= 15 is 0 Å². The number of urea groups is 1. The molecular weight excluding hydrogens is 260 g/mol. The molecule has 1 aliphatic carbocycles. The third-order valence-corrected chi connectivity index (χ3v) is 3.73. The second-order valence-corrected chi connectivity index (χ2v) is 5.22. The molecule has 0 unspecified atom stereocenters. The van der Waals surface area contributed by atoms with Crippen LogP contribution >= 0.6 is 0 Å². The molecule has 1 fully saturated rings. The van der Waals surface area contributed by atoms with Crippen molar-refractivity contribution in [1.82, 2.24) is 20.8 Å². The molecule has 20 heavy (non-hydrogen) atoms. The van der Waals surface area contributed by atoms with Crippen LogP contribution < -0.4 is 10.6 Å². The van der Waals surface area contributed by atoms with Crippen LogP contribution in [-0.4, -0.2) is 32.8 Å². The molecule has 1 heterocycles. The first kappa shape index (κ1) is 14.4. The average molecular weight is 280 g/mol. The van der Waals surface area contributed by atoms with E-state index in [1.54, 1.807) is 12.4 Å². The minimum Gasteiger partial charge on any atom is -0.480 e. The van der Waals surface area contributed by atoms with E-state index in [1.807, 2.05) is 0 Å². The molecular formula is C13H20N4O3. The minimum absolute atomic E-state index is 0.317. The minimum atomic E-state index is -1.13. The van der Waals surface area contributed by atoms with E-state index in [4.69, 9.17) is 0 Å². The number of carboxylic acids is 1. The highest BCUT2D eigenvalue weighted by Crippen LogP contribution is 2.27. The highest BCUT2D eigenvalue weighted by atomic mass is 16.4. The lowest BCUT2D eigenvalue weighted by atomic mass is 9.90. The highest BCUT2D eigenvalue weighted by Gasteiger charge is 2.39. The quantitative estimate of drug-likeness (QED) is 0.625. The van der Waals surface area contributed by atoms with Crippen LogP contribution in [0.3, 0.4) is 0 Å². The molecule has 2 amide bonds. The first-order valence-electron chi connectivity index (χ1n) is 6.89. The van der Waals surface area contributed by atoms with Gasteiger partial charge < -0.3 is 15.7 Å². The van der Waals surface area contributed by atoms with E-state index in [0.717, 1.165) is 31.2 Å². The Hall–Kier alpha value is -2.05. The zero-order valence-electron chi connectivity index (χ0n) is 11.3. The molecule has 7 nitrogen and oxygen atoms in total. The molecule has 0 aliphatic heterocycles. The van der Waals surface area contributed by atoms with E-state index in [-0.39, 0.29) is 0 Å². The van der Waals surface area contributed by atoms with Gasteiger partial charge in [-0.1, -0.05) is 25.7 Å². The number of aliphatic carboxylic acids is 1. The molecule has 110 valence electrons. The van der Waals surface area contributed by atoms with Crippen LogP contribution in [0.5, 0.6) is 0 Å². The monoisotopic (exact) mass is 280 g/mol. The van der Waals surface area contributed by atoms with Crippen LogP contribution in [0.15, 0.2) is 12.4 Å². The molecule has 1 aromatic heterocycles. The average Bonchev–Trinajstić information content (AvgIpc) is 2.82. The summed E-state index contributed by atoms with van der Waals surface area (Å²) in [5.74, 6) is -0.946. The van der Waals surface area contributed by atoms with Crippen molar-refractivity contribution in [3.05, 3.63) is 18.0 Å². The van der Waals surface area contributed by atoms with Crippen molar-refractivity contribution in [3.8, 4) is 0 Å². The van der Waals surface area contributed by atoms with Crippen LogP contribution in [0.4, 0.5) is 4.79 Å². The van der Waals surface area contributed by atoms with Gasteiger partial charge in [0.15, 0.2) is 0 Å². The number of H-pyrrole nitrogens is 1. The summed E-state index contributed by atoms with van der Waals surface area (Å²) in [6.07, 6.45) is 7.96. The van der Waals surface area contributed by atoms with E-state index < -0.39 is 17.5 Å². The molecule has 7 heteroatoms. The standard InChI is InChI=1S/C13H20N4O3/c18-11(19)13(5-3-1-2-4-6-13)17-12(20)14-7-10-8-15-16-9-10/h8-9H,1-7H2,(H,15,16)(H,18,19)(H2,14,17,20). The van der Waals surface area contributed by atoms with Gasteiger partial charge in [0.25, 0.3) is 0 Å². The fraction of sp³-hybridized carbons (Fsp3) is 0.615. The number of carbonyl (C=O) groups excluding carboxylic acids is 1. The maximum atomic E-state index is 11.9. The first-order valence-corrected chi connectivity index (χ1v) is 6.89. The summed E-state index contributed by atoms with van der Waals surface area (Å²) < 4.78 is 0. The Kier molecular flexibility index (Phi) is 4.60. The fourth-order valence-corrected chi connectivity index (χ4v) is 2.54. The van der Waals surface area contributed by atoms with Gasteiger partial charge in [0.05, 0.1) is 6.20 Å². The first-order chi connectivity index (χ1) is 9.62. The number of aromatic amines is 1. The number of aromatic nitrogens is 2. The molecule has 1 saturated carbocycles. The molecule has 0 bridgehead atoms. The number of nitrogens with one attached hydrogen (secondary N) is 3. The van der Waals surface area contributed by atoms with Gasteiger partial charge in [0, 0.05) is 18.3 Å². The third kappa shape index (κ3) is 3.49. The van der Waals surface area contributed by atoms with Gasteiger partial charge in [-0.3, -0.25) is 5.10 Å². The zero-order valence-corrected chi connectivity index (χ0v) is 11.3. The summed E-state index contributed by atoms with van der Waals surface area (Å²) in [5, 5.41) is 21.2. The van der Waals surface area contributed by atoms with E-state index in [2.05, 4.69) is 20.8 Å². The van der Waals surface area contributed by atoms with Gasteiger partial charge in [0.1, 0.15) is 5.54 Å². The molecule has 0 spiro atoms. The lowest BCUT2D eigenvalue weighted by Crippen LogP contribution is -2.56. The number of carbonyl (C=O) groups is 2. The summed E-state index contributed by atoms with van der Waals surface area (Å²) in [7, 11) is 0. The Bertz CT molecular complexity index is 450. The second-order valence-electron chi connectivity index (χ2n) is 5.22. The number of nitrogens with zero attached hydrogens (tertiary/aromatic N) is 1. The third-order valence-electron chi connectivity index (χ3n) is 3.73. The number of hydrogen-bond acceptors (Lipinski definition) is 3. The Morgan fingerprint density at radius 3 is 2.55 bits per heavy atom. The SMILES string of the molecule is O=C(NCc1cn[nH]c1)NC1(C(=O)O)CCCCCC1. The van der Waals surface area contributed by atoms with Gasteiger partial charge >= 0.3 is 12.0 Å². The topological polar surface area (TPSA) is 107 Å². The Labute approximate surface area is 117 Å². The number of hydrogen-bond donors (Lipinski definition) is 4. The van der Waals surface area contributed by atoms with Gasteiger partial charge in [-0.25, -0.2) is 9.59 Å². The molecule has 0 radical (unpaired) electrons. The molecule has 0 saturated heterocycles. The normalized spacial score (nSPS) is 18.0. The van der Waals surface area contributed by atoms with E-state index in [9.17, 15) is 14.7 Å². The van der Waals surface area contributed by atoms with Crippen molar-refractivity contribution < 1.29 is 14.7 Å². The molecule has 2 rings (SSSR count). The Morgan fingerprint density at radius 1 is 1.30 bits per heavy atom. The van der Waals surface area contributed by atoms with Crippen molar-refractivity contribution in [2.45, 2.75) is 50.6 Å². The molecule has 0 aromatic carbocycles. The smallest absolute Gasteiger partial charge is 0.329 e. The molecule has 0 atom stereocenters. The number of carboxylic acid groups (broad SMARTS) is 1. The van der Waals surface area contributed by atoms with Gasteiger partial charge in [-0.05, 0) is 12.8 Å². The Morgan fingerprint density at radius 2 is 2.00 bits per heavy atom. The van der Waals surface area contributed by atoms with Crippen LogP contribution in [0.2, 0.25) is 0 Å². The van der Waals surface area contributed by atoms with Crippen LogP contribution in [0.1, 0.15) is 44.1 Å². The Balaban J connectivity index is 1.93. The summed E-state index contributed by atoms with van der Waals surface area (Å²) in [6.45, 7) is 0.317. The van der Waals surface area contributed by atoms with Crippen molar-refractivity contribution >= 4 is 12.0 Å². The molecule has 1 aliphatic rings. The maximum Gasteiger partial charge on any atom is 0.329 e. The number of amides is 2. The summed E-state index contributed by atoms with van der Waals surface area (Å²) >= 11 is 0.